The highest BCUT2D eigenvalue weighted by Crippen LogP contribution is 2.37. The fourth-order valence-electron chi connectivity index (χ4n) is 4.33. The van der Waals surface area contributed by atoms with E-state index >= 15 is 0 Å². The Bertz CT molecular complexity index is 928. The van der Waals surface area contributed by atoms with Crippen LogP contribution in [0, 0.1) is 11.8 Å². The molecule has 5 rings (SSSR count). The second-order valence-corrected chi connectivity index (χ2v) is 7.35. The Morgan fingerprint density at radius 1 is 1.00 bits per heavy atom. The maximum atomic E-state index is 12.7. The number of hydrogen-bond acceptors (Lipinski definition) is 3. The molecule has 0 bridgehead atoms. The van der Waals surface area contributed by atoms with Crippen molar-refractivity contribution in [1.82, 2.24) is 14.8 Å². The van der Waals surface area contributed by atoms with E-state index in [1.807, 2.05) is 42.6 Å². The van der Waals surface area contributed by atoms with Crippen molar-refractivity contribution in [2.45, 2.75) is 18.9 Å². The molecule has 0 spiro atoms. The number of benzene rings is 1. The molecule has 2 fully saturated rings. The molecule has 0 unspecified atom stereocenters. The first-order chi connectivity index (χ1) is 12.6. The molecule has 1 N–H and O–H groups in total. The molecule has 1 aliphatic carbocycles. The summed E-state index contributed by atoms with van der Waals surface area (Å²) in [5.41, 5.74) is 1.55. The van der Waals surface area contributed by atoms with Crippen LogP contribution in [0.2, 0.25) is 0 Å². The number of imide groups is 1. The number of nitrogens with zero attached hydrogens (tertiary/aromatic N) is 2. The van der Waals surface area contributed by atoms with E-state index in [1.54, 1.807) is 4.90 Å². The molecule has 6 nitrogen and oxygen atoms in total. The van der Waals surface area contributed by atoms with E-state index in [1.165, 1.54) is 4.90 Å². The van der Waals surface area contributed by atoms with E-state index in [9.17, 15) is 14.4 Å². The molecule has 26 heavy (non-hydrogen) atoms. The van der Waals surface area contributed by atoms with Gasteiger partial charge in [-0.25, -0.2) is 0 Å². The van der Waals surface area contributed by atoms with Crippen molar-refractivity contribution in [3.63, 3.8) is 0 Å². The Morgan fingerprint density at radius 3 is 2.38 bits per heavy atom. The van der Waals surface area contributed by atoms with E-state index in [0.717, 1.165) is 10.9 Å². The Morgan fingerprint density at radius 2 is 1.69 bits per heavy atom. The van der Waals surface area contributed by atoms with E-state index in [0.29, 0.717) is 31.5 Å². The Labute approximate surface area is 150 Å². The lowest BCUT2D eigenvalue weighted by atomic mass is 9.85. The van der Waals surface area contributed by atoms with Crippen LogP contribution in [0.3, 0.4) is 0 Å². The van der Waals surface area contributed by atoms with Crippen LogP contribution in [0.5, 0.6) is 0 Å². The number of carbonyl (C=O) groups excluding carboxylic acids is 3. The maximum Gasteiger partial charge on any atom is 0.254 e. The number of nitrogens with one attached hydrogen (secondary N) is 1. The normalized spacial score (nSPS) is 25.7. The van der Waals surface area contributed by atoms with E-state index < -0.39 is 0 Å². The van der Waals surface area contributed by atoms with Gasteiger partial charge in [0.15, 0.2) is 0 Å². The second-order valence-electron chi connectivity index (χ2n) is 7.35. The van der Waals surface area contributed by atoms with Crippen molar-refractivity contribution in [2.75, 3.05) is 13.1 Å². The number of fused-ring (bicyclic) bond motifs is 2. The predicted octanol–water partition coefficient (Wildman–Crippen LogP) is 1.94. The topological polar surface area (TPSA) is 73.5 Å². The van der Waals surface area contributed by atoms with Crippen LogP contribution in [-0.4, -0.2) is 51.6 Å². The first-order valence-corrected chi connectivity index (χ1v) is 9.02. The quantitative estimate of drug-likeness (QED) is 0.665. The number of amides is 3. The molecule has 2 aliphatic heterocycles. The summed E-state index contributed by atoms with van der Waals surface area (Å²) >= 11 is 0. The number of likely N-dealkylation sites (tertiary alicyclic amines) is 2. The lowest BCUT2D eigenvalue weighted by Gasteiger charge is -2.43. The number of allylic oxidation sites excluding steroid dienone is 2. The molecule has 0 saturated carbocycles. The Hall–Kier alpha value is -2.89. The largest absolute Gasteiger partial charge is 0.361 e. The van der Waals surface area contributed by atoms with Gasteiger partial charge in [-0.05, 0) is 36.4 Å². The van der Waals surface area contributed by atoms with E-state index in [-0.39, 0.29) is 35.6 Å². The van der Waals surface area contributed by atoms with Crippen molar-refractivity contribution in [2.24, 2.45) is 11.8 Å². The average Bonchev–Trinajstić information content (AvgIpc) is 3.18. The van der Waals surface area contributed by atoms with Gasteiger partial charge in [-0.1, -0.05) is 18.2 Å². The van der Waals surface area contributed by atoms with Crippen LogP contribution in [0.1, 0.15) is 23.2 Å². The maximum absolute atomic E-state index is 12.7. The highest BCUT2D eigenvalue weighted by molar-refractivity contribution is 6.06. The van der Waals surface area contributed by atoms with Crippen LogP contribution >= 0.6 is 0 Å². The SMILES string of the molecule is O=C(c1ccc2cc[nH]c2c1)N1CC(N2C(=O)[C@H]3CC=CC[C@@H]3C2=O)C1. The molecule has 2 aromatic rings. The van der Waals surface area contributed by atoms with Gasteiger partial charge in [-0.2, -0.15) is 0 Å². The average molecular weight is 349 g/mol. The summed E-state index contributed by atoms with van der Waals surface area (Å²) in [5.74, 6) is -0.584. The number of carbonyl (C=O) groups is 3. The summed E-state index contributed by atoms with van der Waals surface area (Å²) in [6, 6.07) is 7.36. The molecule has 0 radical (unpaired) electrons. The number of rotatable bonds is 2. The van der Waals surface area contributed by atoms with Crippen LogP contribution < -0.4 is 0 Å². The molecule has 6 heteroatoms. The minimum Gasteiger partial charge on any atom is -0.361 e. The highest BCUT2D eigenvalue weighted by atomic mass is 16.2. The predicted molar refractivity (Wildman–Crippen MR) is 95.2 cm³/mol. The summed E-state index contributed by atoms with van der Waals surface area (Å²) in [6.45, 7) is 0.845. The fourth-order valence-corrected chi connectivity index (χ4v) is 4.33. The van der Waals surface area contributed by atoms with E-state index in [4.69, 9.17) is 0 Å². The summed E-state index contributed by atoms with van der Waals surface area (Å²) in [7, 11) is 0. The molecule has 1 aromatic heterocycles. The standard InChI is InChI=1S/C20H19N3O3/c24-18(13-6-5-12-7-8-21-17(12)9-13)22-10-14(11-22)23-19(25)15-3-1-2-4-16(15)20(23)26/h1-2,5-9,14-16,21H,3-4,10-11H2/t15-,16-/m0/s1. The summed E-state index contributed by atoms with van der Waals surface area (Å²) in [4.78, 5) is 44.1. The molecule has 3 heterocycles. The molecule has 2 atom stereocenters. The third-order valence-corrected chi connectivity index (χ3v) is 5.86. The van der Waals surface area contributed by atoms with Gasteiger partial charge in [0.1, 0.15) is 0 Å². The molecular formula is C20H19N3O3. The van der Waals surface area contributed by atoms with Crippen LogP contribution in [0.25, 0.3) is 10.9 Å². The zero-order valence-electron chi connectivity index (χ0n) is 14.2. The van der Waals surface area contributed by atoms with Gasteiger partial charge >= 0.3 is 0 Å². The van der Waals surface area contributed by atoms with Gasteiger partial charge in [-0.15, -0.1) is 0 Å². The zero-order valence-corrected chi connectivity index (χ0v) is 14.2. The second kappa shape index (κ2) is 5.56. The number of aromatic nitrogens is 1. The molecule has 1 aromatic carbocycles. The molecule has 3 amide bonds. The van der Waals surface area contributed by atoms with Crippen LogP contribution in [-0.2, 0) is 9.59 Å². The third kappa shape index (κ3) is 2.14. The Balaban J connectivity index is 1.29. The summed E-state index contributed by atoms with van der Waals surface area (Å²) < 4.78 is 0. The summed E-state index contributed by atoms with van der Waals surface area (Å²) in [5, 5.41) is 1.06. The van der Waals surface area contributed by atoms with Crippen molar-refractivity contribution < 1.29 is 14.4 Å². The van der Waals surface area contributed by atoms with Crippen molar-refractivity contribution in [3.05, 3.63) is 48.2 Å². The van der Waals surface area contributed by atoms with Crippen molar-refractivity contribution >= 4 is 28.6 Å². The van der Waals surface area contributed by atoms with Gasteiger partial charge in [-0.3, -0.25) is 19.3 Å². The van der Waals surface area contributed by atoms with Gasteiger partial charge < -0.3 is 9.88 Å². The summed E-state index contributed by atoms with van der Waals surface area (Å²) in [6.07, 6.45) is 7.12. The highest BCUT2D eigenvalue weighted by Gasteiger charge is 2.52. The van der Waals surface area contributed by atoms with E-state index in [2.05, 4.69) is 4.98 Å². The molecule has 132 valence electrons. The first kappa shape index (κ1) is 15.4. The van der Waals surface area contributed by atoms with Crippen LogP contribution in [0.4, 0.5) is 0 Å². The Kier molecular flexibility index (Phi) is 3.29. The molecular weight excluding hydrogens is 330 g/mol. The van der Waals surface area contributed by atoms with Gasteiger partial charge in [0.2, 0.25) is 11.8 Å². The van der Waals surface area contributed by atoms with Crippen molar-refractivity contribution in [3.8, 4) is 0 Å². The molecule has 2 saturated heterocycles. The number of H-pyrrole nitrogens is 1. The molecule has 3 aliphatic rings. The number of hydrogen-bond donors (Lipinski definition) is 1. The fraction of sp³-hybridized carbons (Fsp3) is 0.350. The van der Waals surface area contributed by atoms with Gasteiger partial charge in [0, 0.05) is 30.4 Å². The van der Waals surface area contributed by atoms with Crippen molar-refractivity contribution in [1.29, 1.82) is 0 Å². The van der Waals surface area contributed by atoms with Gasteiger partial charge in [0.25, 0.3) is 5.91 Å². The monoisotopic (exact) mass is 349 g/mol. The third-order valence-electron chi connectivity index (χ3n) is 5.86. The minimum atomic E-state index is -0.201. The zero-order chi connectivity index (χ0) is 17.8. The number of aromatic amines is 1. The smallest absolute Gasteiger partial charge is 0.254 e. The van der Waals surface area contributed by atoms with Crippen LogP contribution in [0.15, 0.2) is 42.6 Å². The lowest BCUT2D eigenvalue weighted by Crippen LogP contribution is -2.62. The lowest BCUT2D eigenvalue weighted by molar-refractivity contribution is -0.145. The van der Waals surface area contributed by atoms with Gasteiger partial charge in [0.05, 0.1) is 17.9 Å². The minimum absolute atomic E-state index is 0.0593. The first-order valence-electron chi connectivity index (χ1n) is 9.02.